The zero-order chi connectivity index (χ0) is 21.6. The van der Waals surface area contributed by atoms with Gasteiger partial charge >= 0.3 is 0 Å². The summed E-state index contributed by atoms with van der Waals surface area (Å²) in [6.07, 6.45) is 0.460. The van der Waals surface area contributed by atoms with Crippen LogP contribution < -0.4 is 5.32 Å². The molecule has 2 aromatic rings. The van der Waals surface area contributed by atoms with E-state index in [2.05, 4.69) is 5.32 Å². The normalized spacial score (nSPS) is 11.8. The monoisotopic (exact) mass is 474 g/mol. The molecule has 2 amide bonds. The summed E-state index contributed by atoms with van der Waals surface area (Å²) >= 11 is 24.8. The Labute approximate surface area is 191 Å². The molecule has 0 radical (unpaired) electrons. The molecule has 8 heteroatoms. The molecule has 0 fully saturated rings. The number of hydrogen-bond acceptors (Lipinski definition) is 2. The Morgan fingerprint density at radius 1 is 1.00 bits per heavy atom. The van der Waals surface area contributed by atoms with E-state index in [4.69, 9.17) is 46.4 Å². The Balaban J connectivity index is 2.39. The first-order valence-corrected chi connectivity index (χ1v) is 10.7. The summed E-state index contributed by atoms with van der Waals surface area (Å²) in [6, 6.07) is 9.43. The van der Waals surface area contributed by atoms with Crippen molar-refractivity contribution in [1.29, 1.82) is 0 Å². The lowest BCUT2D eigenvalue weighted by Gasteiger charge is -2.31. The average Bonchev–Trinajstić information content (AvgIpc) is 2.66. The van der Waals surface area contributed by atoms with Gasteiger partial charge < -0.3 is 10.2 Å². The van der Waals surface area contributed by atoms with Crippen molar-refractivity contribution >= 4 is 58.2 Å². The lowest BCUT2D eigenvalue weighted by Crippen LogP contribution is -2.49. The van der Waals surface area contributed by atoms with Gasteiger partial charge in [0.1, 0.15) is 6.04 Å². The van der Waals surface area contributed by atoms with Crippen LogP contribution >= 0.6 is 46.4 Å². The summed E-state index contributed by atoms with van der Waals surface area (Å²) < 4.78 is 0. The summed E-state index contributed by atoms with van der Waals surface area (Å²) in [5, 5.41) is 4.54. The van der Waals surface area contributed by atoms with Crippen LogP contribution in [0, 0.1) is 0 Å². The van der Waals surface area contributed by atoms with Gasteiger partial charge in [-0.25, -0.2) is 0 Å². The third kappa shape index (κ3) is 6.26. The first kappa shape index (κ1) is 23.8. The van der Waals surface area contributed by atoms with Crippen LogP contribution in [0.15, 0.2) is 36.4 Å². The van der Waals surface area contributed by atoms with E-state index in [0.717, 1.165) is 0 Å². The quantitative estimate of drug-likeness (QED) is 0.525. The van der Waals surface area contributed by atoms with Crippen LogP contribution in [0.4, 0.5) is 0 Å². The maximum Gasteiger partial charge on any atom is 0.242 e. The van der Waals surface area contributed by atoms with Crippen molar-refractivity contribution in [2.75, 3.05) is 6.54 Å². The third-order valence-electron chi connectivity index (χ3n) is 4.48. The molecule has 0 aliphatic carbocycles. The summed E-state index contributed by atoms with van der Waals surface area (Å²) in [4.78, 5) is 27.4. The minimum absolute atomic E-state index is 0.0218. The molecule has 1 unspecified atom stereocenters. The fourth-order valence-electron chi connectivity index (χ4n) is 2.99. The molecule has 1 atom stereocenters. The molecule has 0 aromatic heterocycles. The lowest BCUT2D eigenvalue weighted by molar-refractivity contribution is -0.140. The van der Waals surface area contributed by atoms with Crippen molar-refractivity contribution in [3.63, 3.8) is 0 Å². The summed E-state index contributed by atoms with van der Waals surface area (Å²) in [6.45, 7) is 4.25. The fraction of sp³-hybridized carbons (Fsp3) is 0.333. The molecule has 2 rings (SSSR count). The van der Waals surface area contributed by atoms with Crippen LogP contribution in [-0.2, 0) is 22.6 Å². The second kappa shape index (κ2) is 11.1. The number of nitrogens with zero attached hydrogens (tertiary/aromatic N) is 1. The van der Waals surface area contributed by atoms with E-state index in [-0.39, 0.29) is 24.8 Å². The zero-order valence-corrected chi connectivity index (χ0v) is 19.2. The van der Waals surface area contributed by atoms with E-state index >= 15 is 0 Å². The molecular weight excluding hydrogens is 454 g/mol. The van der Waals surface area contributed by atoms with E-state index in [1.807, 2.05) is 13.8 Å². The van der Waals surface area contributed by atoms with Gasteiger partial charge in [0.05, 0.1) is 6.42 Å². The molecule has 0 saturated heterocycles. The van der Waals surface area contributed by atoms with Crippen LogP contribution in [0.1, 0.15) is 31.4 Å². The molecule has 4 nitrogen and oxygen atoms in total. The van der Waals surface area contributed by atoms with Crippen molar-refractivity contribution in [1.82, 2.24) is 10.2 Å². The van der Waals surface area contributed by atoms with Gasteiger partial charge in [0.2, 0.25) is 11.8 Å². The lowest BCUT2D eigenvalue weighted by atomic mass is 10.1. The van der Waals surface area contributed by atoms with Gasteiger partial charge in [0.25, 0.3) is 0 Å². The number of halogens is 4. The van der Waals surface area contributed by atoms with Gasteiger partial charge in [-0.2, -0.15) is 0 Å². The number of likely N-dealkylation sites (N-methyl/N-ethyl adjacent to an activating group) is 1. The smallest absolute Gasteiger partial charge is 0.242 e. The number of nitrogens with one attached hydrogen (secondary N) is 1. The van der Waals surface area contributed by atoms with Gasteiger partial charge in [0, 0.05) is 38.7 Å². The number of carbonyl (C=O) groups is 2. The van der Waals surface area contributed by atoms with Gasteiger partial charge in [0.15, 0.2) is 0 Å². The minimum Gasteiger partial charge on any atom is -0.355 e. The SMILES string of the molecule is CCNC(=O)C(CC)N(Cc1c(Cl)cccc1Cl)C(=O)Cc1ccc(Cl)cc1Cl. The van der Waals surface area contributed by atoms with Crippen LogP contribution in [0.2, 0.25) is 20.1 Å². The molecule has 0 spiro atoms. The van der Waals surface area contributed by atoms with Crippen molar-refractivity contribution in [2.45, 2.75) is 39.3 Å². The minimum atomic E-state index is -0.666. The highest BCUT2D eigenvalue weighted by atomic mass is 35.5. The molecule has 29 heavy (non-hydrogen) atoms. The van der Waals surface area contributed by atoms with Gasteiger partial charge in [-0.05, 0) is 43.2 Å². The molecular formula is C21H22Cl4N2O2. The van der Waals surface area contributed by atoms with E-state index in [9.17, 15) is 9.59 Å². The number of carbonyl (C=O) groups excluding carboxylic acids is 2. The van der Waals surface area contributed by atoms with Crippen molar-refractivity contribution < 1.29 is 9.59 Å². The molecule has 0 saturated carbocycles. The highest BCUT2D eigenvalue weighted by Crippen LogP contribution is 2.28. The van der Waals surface area contributed by atoms with E-state index < -0.39 is 6.04 Å². The number of rotatable bonds is 8. The van der Waals surface area contributed by atoms with Crippen LogP contribution in [0.3, 0.4) is 0 Å². The molecule has 2 aromatic carbocycles. The number of benzene rings is 2. The first-order chi connectivity index (χ1) is 13.8. The zero-order valence-electron chi connectivity index (χ0n) is 16.1. The second-order valence-corrected chi connectivity index (χ2v) is 8.11. The molecule has 0 aliphatic rings. The molecule has 0 heterocycles. The van der Waals surface area contributed by atoms with Crippen molar-refractivity contribution in [3.8, 4) is 0 Å². The number of hydrogen-bond donors (Lipinski definition) is 1. The molecule has 1 N–H and O–H groups in total. The maximum absolute atomic E-state index is 13.3. The Morgan fingerprint density at radius 2 is 1.66 bits per heavy atom. The Kier molecular flexibility index (Phi) is 9.09. The fourth-order valence-corrected chi connectivity index (χ4v) is 3.99. The predicted octanol–water partition coefficient (Wildman–Crippen LogP) is 5.79. The number of amides is 2. The van der Waals surface area contributed by atoms with Gasteiger partial charge in [-0.3, -0.25) is 9.59 Å². The second-order valence-electron chi connectivity index (χ2n) is 6.45. The van der Waals surface area contributed by atoms with Gasteiger partial charge in [-0.1, -0.05) is 65.5 Å². The van der Waals surface area contributed by atoms with Crippen molar-refractivity contribution in [3.05, 3.63) is 67.6 Å². The van der Waals surface area contributed by atoms with Crippen LogP contribution in [0.25, 0.3) is 0 Å². The molecule has 0 bridgehead atoms. The Bertz CT molecular complexity index is 869. The molecule has 156 valence electrons. The van der Waals surface area contributed by atoms with Crippen LogP contribution in [-0.4, -0.2) is 29.3 Å². The summed E-state index contributed by atoms with van der Waals surface area (Å²) in [7, 11) is 0. The van der Waals surface area contributed by atoms with E-state index in [1.54, 1.807) is 36.4 Å². The third-order valence-corrected chi connectivity index (χ3v) is 5.78. The van der Waals surface area contributed by atoms with E-state index in [1.165, 1.54) is 4.90 Å². The maximum atomic E-state index is 13.3. The average molecular weight is 476 g/mol. The molecule has 0 aliphatic heterocycles. The van der Waals surface area contributed by atoms with E-state index in [0.29, 0.717) is 44.2 Å². The predicted molar refractivity (Wildman–Crippen MR) is 120 cm³/mol. The Morgan fingerprint density at radius 3 is 2.21 bits per heavy atom. The topological polar surface area (TPSA) is 49.4 Å². The van der Waals surface area contributed by atoms with Gasteiger partial charge in [-0.15, -0.1) is 0 Å². The summed E-state index contributed by atoms with van der Waals surface area (Å²) in [5.41, 5.74) is 1.22. The first-order valence-electron chi connectivity index (χ1n) is 9.22. The largest absolute Gasteiger partial charge is 0.355 e. The highest BCUT2D eigenvalue weighted by Gasteiger charge is 2.29. The standard InChI is InChI=1S/C21H22Cl4N2O2/c1-3-19(21(29)26-4-2)27(12-15-16(23)6-5-7-17(15)24)20(28)10-13-8-9-14(22)11-18(13)25/h5-9,11,19H,3-4,10,12H2,1-2H3,(H,26,29). The Hall–Kier alpha value is -1.46. The van der Waals surface area contributed by atoms with Crippen LogP contribution in [0.5, 0.6) is 0 Å². The van der Waals surface area contributed by atoms with Crippen molar-refractivity contribution in [2.24, 2.45) is 0 Å². The highest BCUT2D eigenvalue weighted by molar-refractivity contribution is 6.36. The summed E-state index contributed by atoms with van der Waals surface area (Å²) in [5.74, 6) is -0.489.